The van der Waals surface area contributed by atoms with Gasteiger partial charge < -0.3 is 19.5 Å². The maximum Gasteiger partial charge on any atom is 0.356 e. The summed E-state index contributed by atoms with van der Waals surface area (Å²) in [5, 5.41) is 10.3. The average Bonchev–Trinajstić information content (AvgIpc) is 2.65. The normalized spacial score (nSPS) is 27.0. The van der Waals surface area contributed by atoms with Crippen molar-refractivity contribution in [2.24, 2.45) is 5.92 Å². The van der Waals surface area contributed by atoms with Crippen LogP contribution in [0.15, 0.2) is 30.3 Å². The quantitative estimate of drug-likeness (QED) is 0.601. The number of hydrogen-bond acceptors (Lipinski definition) is 6. The molecule has 0 bridgehead atoms. The van der Waals surface area contributed by atoms with Crippen LogP contribution in [0.5, 0.6) is 0 Å². The predicted molar refractivity (Wildman–Crippen MR) is 90.6 cm³/mol. The fraction of sp³-hybridized carbons (Fsp3) is 0.526. The Morgan fingerprint density at radius 3 is 2.65 bits per heavy atom. The number of Topliss-reactive ketones (excluding diaryl/α,β-unsaturated/α-hetero) is 1. The molecule has 1 aliphatic heterocycles. The van der Waals surface area contributed by atoms with Gasteiger partial charge in [-0.1, -0.05) is 30.3 Å². The summed E-state index contributed by atoms with van der Waals surface area (Å²) >= 11 is 0. The Hall–Kier alpha value is -2.25. The molecule has 1 aliphatic carbocycles. The second-order valence-electron chi connectivity index (χ2n) is 6.70. The molecular weight excluding hydrogens is 338 g/mol. The largest absolute Gasteiger partial charge is 0.457 e. The van der Waals surface area contributed by atoms with Crippen LogP contribution in [0, 0.1) is 5.92 Å². The topological polar surface area (TPSA) is 93.1 Å². The first kappa shape index (κ1) is 18.5. The summed E-state index contributed by atoms with van der Waals surface area (Å²) in [4.78, 5) is 37.7. The molecule has 3 rings (SSSR count). The van der Waals surface area contributed by atoms with Gasteiger partial charge in [0, 0.05) is 19.4 Å². The van der Waals surface area contributed by atoms with E-state index in [1.165, 1.54) is 7.11 Å². The van der Waals surface area contributed by atoms with Crippen LogP contribution in [0.3, 0.4) is 0 Å². The van der Waals surface area contributed by atoms with Crippen LogP contribution < -0.4 is 0 Å². The molecule has 0 aromatic heterocycles. The number of aliphatic hydroxyl groups is 1. The number of ether oxygens (including phenoxy) is 2. The summed E-state index contributed by atoms with van der Waals surface area (Å²) in [5.41, 5.74) is 0.782. The van der Waals surface area contributed by atoms with E-state index in [-0.39, 0.29) is 24.7 Å². The van der Waals surface area contributed by atoms with Crippen LogP contribution in [-0.2, 0) is 30.5 Å². The molecule has 7 heteroatoms. The number of nitrogens with zero attached hydrogens (tertiary/aromatic N) is 1. The van der Waals surface area contributed by atoms with E-state index < -0.39 is 30.3 Å². The van der Waals surface area contributed by atoms with E-state index in [1.807, 2.05) is 18.2 Å². The number of amides is 1. The Balaban J connectivity index is 1.62. The molecule has 4 atom stereocenters. The van der Waals surface area contributed by atoms with Gasteiger partial charge in [0.05, 0.1) is 6.04 Å². The molecule has 1 heterocycles. The summed E-state index contributed by atoms with van der Waals surface area (Å²) < 4.78 is 10.3. The molecule has 1 saturated carbocycles. The van der Waals surface area contributed by atoms with Crippen molar-refractivity contribution in [1.29, 1.82) is 0 Å². The van der Waals surface area contributed by atoms with Gasteiger partial charge in [0.25, 0.3) is 0 Å². The van der Waals surface area contributed by atoms with Crippen LogP contribution >= 0.6 is 0 Å². The minimum atomic E-state index is -1.69. The number of rotatable bonds is 6. The van der Waals surface area contributed by atoms with Gasteiger partial charge in [-0.05, 0) is 24.8 Å². The summed E-state index contributed by atoms with van der Waals surface area (Å²) in [6, 6.07) is 8.58. The van der Waals surface area contributed by atoms with Gasteiger partial charge in [-0.3, -0.25) is 9.59 Å². The number of carbonyl (C=O) groups is 3. The number of aliphatic hydroxyl groups excluding tert-OH is 1. The van der Waals surface area contributed by atoms with E-state index in [9.17, 15) is 19.5 Å². The smallest absolute Gasteiger partial charge is 0.356 e. The lowest BCUT2D eigenvalue weighted by molar-refractivity contribution is -0.189. The highest BCUT2D eigenvalue weighted by atomic mass is 16.6. The lowest BCUT2D eigenvalue weighted by Crippen LogP contribution is -2.64. The minimum absolute atomic E-state index is 0.0114. The van der Waals surface area contributed by atoms with E-state index in [1.54, 1.807) is 12.1 Å². The number of carbonyl (C=O) groups excluding carboxylic acids is 3. The van der Waals surface area contributed by atoms with Crippen molar-refractivity contribution in [1.82, 2.24) is 4.90 Å². The Kier molecular flexibility index (Phi) is 5.68. The van der Waals surface area contributed by atoms with Crippen molar-refractivity contribution in [3.8, 4) is 0 Å². The summed E-state index contributed by atoms with van der Waals surface area (Å²) in [6.07, 6.45) is 0.0690. The monoisotopic (exact) mass is 361 g/mol. The third-order valence-electron chi connectivity index (χ3n) is 5.14. The Bertz CT molecular complexity index is 676. The fourth-order valence-electron chi connectivity index (χ4n) is 3.69. The minimum Gasteiger partial charge on any atom is -0.457 e. The maximum absolute atomic E-state index is 12.5. The lowest BCUT2D eigenvalue weighted by atomic mass is 9.76. The molecule has 1 aromatic carbocycles. The van der Waals surface area contributed by atoms with Crippen LogP contribution in [0.4, 0.5) is 0 Å². The molecular formula is C19H23NO6. The SMILES string of the molecule is CO[C@@H]1CCC[C@H]([C@@H]2CC(=O)N2C(O)C(=O)OCc2ccccc2)C1=O. The van der Waals surface area contributed by atoms with Crippen molar-refractivity contribution in [3.63, 3.8) is 0 Å². The van der Waals surface area contributed by atoms with Crippen molar-refractivity contribution >= 4 is 17.7 Å². The number of esters is 1. The third kappa shape index (κ3) is 3.64. The Morgan fingerprint density at radius 2 is 2.00 bits per heavy atom. The van der Waals surface area contributed by atoms with Gasteiger partial charge in [0.15, 0.2) is 5.78 Å². The highest BCUT2D eigenvalue weighted by Gasteiger charge is 2.50. The van der Waals surface area contributed by atoms with E-state index >= 15 is 0 Å². The lowest BCUT2D eigenvalue weighted by Gasteiger charge is -2.47. The van der Waals surface area contributed by atoms with Gasteiger partial charge >= 0.3 is 5.97 Å². The van der Waals surface area contributed by atoms with E-state index in [2.05, 4.69) is 0 Å². The molecule has 1 unspecified atom stereocenters. The summed E-state index contributed by atoms with van der Waals surface area (Å²) in [5.74, 6) is -1.72. The first-order chi connectivity index (χ1) is 12.5. The summed E-state index contributed by atoms with van der Waals surface area (Å²) in [7, 11) is 1.49. The molecule has 1 saturated heterocycles. The first-order valence-corrected chi connectivity index (χ1v) is 8.79. The average molecular weight is 361 g/mol. The number of β-lactam (4-membered cyclic amide) rings is 1. The van der Waals surface area contributed by atoms with E-state index in [0.29, 0.717) is 12.8 Å². The van der Waals surface area contributed by atoms with Crippen molar-refractivity contribution < 1.29 is 29.0 Å². The standard InChI is InChI=1S/C19H23NO6/c1-25-15-9-5-8-13(17(15)22)14-10-16(21)20(14)18(23)19(24)26-11-12-6-3-2-4-7-12/h2-4,6-7,13-15,18,23H,5,8-11H2,1H3/t13-,14+,15-,18?/m1/s1. The Labute approximate surface area is 151 Å². The Morgan fingerprint density at radius 1 is 1.27 bits per heavy atom. The second-order valence-corrected chi connectivity index (χ2v) is 6.70. The fourth-order valence-corrected chi connectivity index (χ4v) is 3.69. The number of methoxy groups -OCH3 is 1. The van der Waals surface area contributed by atoms with Gasteiger partial charge in [0.2, 0.25) is 12.1 Å². The van der Waals surface area contributed by atoms with Gasteiger partial charge in [-0.2, -0.15) is 0 Å². The van der Waals surface area contributed by atoms with Crippen molar-refractivity contribution in [3.05, 3.63) is 35.9 Å². The second kappa shape index (κ2) is 7.97. The number of hydrogen-bond donors (Lipinski definition) is 1. The molecule has 0 radical (unpaired) electrons. The van der Waals surface area contributed by atoms with Crippen molar-refractivity contribution in [2.75, 3.05) is 7.11 Å². The van der Waals surface area contributed by atoms with Crippen LogP contribution in [0.25, 0.3) is 0 Å². The van der Waals surface area contributed by atoms with E-state index in [0.717, 1.165) is 16.9 Å². The highest BCUT2D eigenvalue weighted by Crippen LogP contribution is 2.35. The molecule has 140 valence electrons. The predicted octanol–water partition coefficient (Wildman–Crippen LogP) is 1.03. The van der Waals surface area contributed by atoms with Gasteiger partial charge in [-0.25, -0.2) is 4.79 Å². The number of likely N-dealkylation sites (tertiary alicyclic amines) is 1. The molecule has 0 spiro atoms. The molecule has 26 heavy (non-hydrogen) atoms. The number of benzene rings is 1. The van der Waals surface area contributed by atoms with Crippen LogP contribution in [0.2, 0.25) is 0 Å². The zero-order valence-corrected chi connectivity index (χ0v) is 14.7. The van der Waals surface area contributed by atoms with E-state index in [4.69, 9.17) is 9.47 Å². The molecule has 1 N–H and O–H groups in total. The zero-order chi connectivity index (χ0) is 18.7. The van der Waals surface area contributed by atoms with Crippen LogP contribution in [0.1, 0.15) is 31.2 Å². The van der Waals surface area contributed by atoms with Crippen LogP contribution in [-0.4, -0.2) is 53.1 Å². The molecule has 1 aromatic rings. The molecule has 7 nitrogen and oxygen atoms in total. The van der Waals surface area contributed by atoms with Gasteiger partial charge in [-0.15, -0.1) is 0 Å². The molecule has 1 amide bonds. The van der Waals surface area contributed by atoms with Crippen molar-refractivity contribution in [2.45, 2.75) is 50.7 Å². The number of ketones is 1. The first-order valence-electron chi connectivity index (χ1n) is 8.79. The summed E-state index contributed by atoms with van der Waals surface area (Å²) in [6.45, 7) is 0.0114. The third-order valence-corrected chi connectivity index (χ3v) is 5.14. The molecule has 2 fully saturated rings. The highest BCUT2D eigenvalue weighted by molar-refractivity contribution is 5.93. The zero-order valence-electron chi connectivity index (χ0n) is 14.7. The maximum atomic E-state index is 12.5. The van der Waals surface area contributed by atoms with Gasteiger partial charge in [0.1, 0.15) is 12.7 Å². The molecule has 2 aliphatic rings.